The van der Waals surface area contributed by atoms with Gasteiger partial charge in [-0.3, -0.25) is 0 Å². The summed E-state index contributed by atoms with van der Waals surface area (Å²) in [5.41, 5.74) is 6.37. The van der Waals surface area contributed by atoms with E-state index in [0.717, 1.165) is 5.76 Å². The molecule has 2 aromatic rings. The van der Waals surface area contributed by atoms with Crippen LogP contribution in [0.4, 0.5) is 4.39 Å². The molecule has 0 aliphatic rings. The van der Waals surface area contributed by atoms with Gasteiger partial charge in [-0.15, -0.1) is 0 Å². The van der Waals surface area contributed by atoms with E-state index in [0.29, 0.717) is 22.8 Å². The first-order valence-electron chi connectivity index (χ1n) is 5.36. The van der Waals surface area contributed by atoms with Gasteiger partial charge in [0.15, 0.2) is 0 Å². The van der Waals surface area contributed by atoms with E-state index in [1.54, 1.807) is 6.07 Å². The number of rotatable bonds is 3. The van der Waals surface area contributed by atoms with Crippen LogP contribution in [-0.2, 0) is 6.42 Å². The van der Waals surface area contributed by atoms with Crippen molar-refractivity contribution in [1.29, 1.82) is 0 Å². The van der Waals surface area contributed by atoms with Crippen molar-refractivity contribution >= 4 is 11.6 Å². The Labute approximate surface area is 104 Å². The number of benzene rings is 1. The Balaban J connectivity index is 2.30. The largest absolute Gasteiger partial charge is 0.461 e. The zero-order valence-electron chi connectivity index (χ0n) is 9.41. The molecule has 0 saturated carbocycles. The lowest BCUT2D eigenvalue weighted by atomic mass is 10.1. The smallest absolute Gasteiger partial charge is 0.135 e. The Morgan fingerprint density at radius 3 is 2.76 bits per heavy atom. The fraction of sp³-hybridized carbons (Fsp3) is 0.231. The van der Waals surface area contributed by atoms with E-state index in [1.165, 1.54) is 12.1 Å². The molecule has 17 heavy (non-hydrogen) atoms. The average molecular weight is 254 g/mol. The maximum absolute atomic E-state index is 12.9. The minimum absolute atomic E-state index is 0.0395. The highest BCUT2D eigenvalue weighted by Gasteiger charge is 2.10. The third-order valence-electron chi connectivity index (χ3n) is 2.38. The summed E-state index contributed by atoms with van der Waals surface area (Å²) in [5.74, 6) is 1.07. The number of nitrogens with two attached hydrogens (primary N) is 1. The van der Waals surface area contributed by atoms with Crippen molar-refractivity contribution < 1.29 is 8.81 Å². The van der Waals surface area contributed by atoms with Crippen LogP contribution in [0, 0.1) is 5.82 Å². The molecule has 0 fully saturated rings. The molecular formula is C13H13ClFNO. The standard InChI is InChI=1S/C13H13ClFNO/c1-8(16)6-10-3-5-13(17-10)11-4-2-9(15)7-12(11)14/h2-5,7-8H,6,16H2,1H3. The maximum atomic E-state index is 12.9. The summed E-state index contributed by atoms with van der Waals surface area (Å²) in [4.78, 5) is 0. The molecule has 0 saturated heterocycles. The van der Waals surface area contributed by atoms with Gasteiger partial charge in [-0.25, -0.2) is 4.39 Å². The molecular weight excluding hydrogens is 241 g/mol. The van der Waals surface area contributed by atoms with Gasteiger partial charge in [0.2, 0.25) is 0 Å². The minimum atomic E-state index is -0.360. The van der Waals surface area contributed by atoms with Crippen molar-refractivity contribution in [3.8, 4) is 11.3 Å². The number of furan rings is 1. The molecule has 0 bridgehead atoms. The van der Waals surface area contributed by atoms with E-state index in [2.05, 4.69) is 0 Å². The highest BCUT2D eigenvalue weighted by atomic mass is 35.5. The zero-order valence-corrected chi connectivity index (χ0v) is 10.2. The van der Waals surface area contributed by atoms with Crippen LogP contribution in [0.3, 0.4) is 0 Å². The Kier molecular flexibility index (Phi) is 3.50. The normalized spacial score (nSPS) is 12.7. The summed E-state index contributed by atoms with van der Waals surface area (Å²) in [7, 11) is 0. The van der Waals surface area contributed by atoms with E-state index in [1.807, 2.05) is 19.1 Å². The molecule has 2 nitrogen and oxygen atoms in total. The SMILES string of the molecule is CC(N)Cc1ccc(-c2ccc(F)cc2Cl)o1. The second kappa shape index (κ2) is 4.90. The summed E-state index contributed by atoms with van der Waals surface area (Å²) in [6.45, 7) is 1.91. The molecule has 0 aliphatic heterocycles. The van der Waals surface area contributed by atoms with Crippen molar-refractivity contribution in [3.63, 3.8) is 0 Å². The fourth-order valence-electron chi connectivity index (χ4n) is 1.64. The van der Waals surface area contributed by atoms with Crippen LogP contribution in [0.5, 0.6) is 0 Å². The maximum Gasteiger partial charge on any atom is 0.135 e. The third kappa shape index (κ3) is 2.87. The van der Waals surface area contributed by atoms with Crippen LogP contribution >= 0.6 is 11.6 Å². The van der Waals surface area contributed by atoms with Gasteiger partial charge in [-0.05, 0) is 37.3 Å². The van der Waals surface area contributed by atoms with Crippen LogP contribution in [0.25, 0.3) is 11.3 Å². The van der Waals surface area contributed by atoms with E-state index < -0.39 is 0 Å². The van der Waals surface area contributed by atoms with E-state index in [-0.39, 0.29) is 11.9 Å². The van der Waals surface area contributed by atoms with Gasteiger partial charge in [0, 0.05) is 18.0 Å². The van der Waals surface area contributed by atoms with Gasteiger partial charge in [0.1, 0.15) is 17.3 Å². The van der Waals surface area contributed by atoms with E-state index in [4.69, 9.17) is 21.8 Å². The molecule has 2 rings (SSSR count). The molecule has 1 aromatic heterocycles. The monoisotopic (exact) mass is 253 g/mol. The van der Waals surface area contributed by atoms with Crippen molar-refractivity contribution in [2.45, 2.75) is 19.4 Å². The lowest BCUT2D eigenvalue weighted by molar-refractivity contribution is 0.503. The van der Waals surface area contributed by atoms with E-state index >= 15 is 0 Å². The predicted molar refractivity (Wildman–Crippen MR) is 66.5 cm³/mol. The summed E-state index contributed by atoms with van der Waals surface area (Å²) >= 11 is 5.95. The average Bonchev–Trinajstić information content (AvgIpc) is 2.65. The number of hydrogen-bond donors (Lipinski definition) is 1. The van der Waals surface area contributed by atoms with Crippen LogP contribution in [0.15, 0.2) is 34.7 Å². The molecule has 1 unspecified atom stereocenters. The molecule has 90 valence electrons. The number of halogens is 2. The van der Waals surface area contributed by atoms with Crippen LogP contribution in [0.1, 0.15) is 12.7 Å². The number of hydrogen-bond acceptors (Lipinski definition) is 2. The van der Waals surface area contributed by atoms with Crippen molar-refractivity contribution in [3.05, 3.63) is 46.9 Å². The first-order chi connectivity index (χ1) is 8.06. The van der Waals surface area contributed by atoms with Gasteiger partial charge >= 0.3 is 0 Å². The molecule has 0 aliphatic carbocycles. The van der Waals surface area contributed by atoms with Gasteiger partial charge < -0.3 is 10.2 Å². The van der Waals surface area contributed by atoms with Gasteiger partial charge in [-0.2, -0.15) is 0 Å². The lowest BCUT2D eigenvalue weighted by Gasteiger charge is -2.02. The Bertz CT molecular complexity index is 522. The summed E-state index contributed by atoms with van der Waals surface area (Å²) in [6, 6.07) is 7.94. The molecule has 1 atom stereocenters. The highest BCUT2D eigenvalue weighted by molar-refractivity contribution is 6.33. The van der Waals surface area contributed by atoms with Crippen LogP contribution < -0.4 is 5.73 Å². The molecule has 1 heterocycles. The van der Waals surface area contributed by atoms with Gasteiger partial charge in [-0.1, -0.05) is 11.6 Å². The Hall–Kier alpha value is -1.32. The molecule has 0 radical (unpaired) electrons. The first-order valence-corrected chi connectivity index (χ1v) is 5.74. The second-order valence-electron chi connectivity index (χ2n) is 4.07. The summed E-state index contributed by atoms with van der Waals surface area (Å²) in [6.07, 6.45) is 0.665. The van der Waals surface area contributed by atoms with Crippen LogP contribution in [-0.4, -0.2) is 6.04 Å². The molecule has 0 spiro atoms. The fourth-order valence-corrected chi connectivity index (χ4v) is 1.90. The van der Waals surface area contributed by atoms with Crippen LogP contribution in [0.2, 0.25) is 5.02 Å². The second-order valence-corrected chi connectivity index (χ2v) is 4.48. The van der Waals surface area contributed by atoms with Crippen molar-refractivity contribution in [2.75, 3.05) is 0 Å². The Morgan fingerprint density at radius 2 is 2.12 bits per heavy atom. The predicted octanol–water partition coefficient (Wildman–Crippen LogP) is 3.63. The molecule has 4 heteroatoms. The molecule has 2 N–H and O–H groups in total. The highest BCUT2D eigenvalue weighted by Crippen LogP contribution is 2.30. The minimum Gasteiger partial charge on any atom is -0.461 e. The lowest BCUT2D eigenvalue weighted by Crippen LogP contribution is -2.17. The summed E-state index contributed by atoms with van der Waals surface area (Å²) < 4.78 is 18.5. The topological polar surface area (TPSA) is 39.2 Å². The summed E-state index contributed by atoms with van der Waals surface area (Å²) in [5, 5.41) is 0.340. The third-order valence-corrected chi connectivity index (χ3v) is 2.69. The van der Waals surface area contributed by atoms with Crippen molar-refractivity contribution in [1.82, 2.24) is 0 Å². The quantitative estimate of drug-likeness (QED) is 0.907. The zero-order chi connectivity index (χ0) is 12.4. The Morgan fingerprint density at radius 1 is 1.35 bits per heavy atom. The molecule has 1 aromatic carbocycles. The van der Waals surface area contributed by atoms with Gasteiger partial charge in [0.05, 0.1) is 5.02 Å². The van der Waals surface area contributed by atoms with Gasteiger partial charge in [0.25, 0.3) is 0 Å². The van der Waals surface area contributed by atoms with E-state index in [9.17, 15) is 4.39 Å². The first kappa shape index (κ1) is 12.1. The molecule has 0 amide bonds. The van der Waals surface area contributed by atoms with Crippen molar-refractivity contribution in [2.24, 2.45) is 5.73 Å².